The van der Waals surface area contributed by atoms with Crippen molar-refractivity contribution in [2.45, 2.75) is 0 Å². The molecule has 0 bridgehead atoms. The second kappa shape index (κ2) is 8.13. The number of rotatable bonds is 5. The average Bonchev–Trinajstić information content (AvgIpc) is 3.33. The molecule has 1 amide bonds. The minimum Gasteiger partial charge on any atom is -0.497 e. The first kappa shape index (κ1) is 18.7. The van der Waals surface area contributed by atoms with Gasteiger partial charge in [-0.3, -0.25) is 4.79 Å². The van der Waals surface area contributed by atoms with Crippen molar-refractivity contribution in [1.82, 2.24) is 29.6 Å². The van der Waals surface area contributed by atoms with Crippen LogP contribution in [0.5, 0.6) is 11.5 Å². The van der Waals surface area contributed by atoms with Gasteiger partial charge in [-0.25, -0.2) is 19.6 Å². The predicted octanol–water partition coefficient (Wildman–Crippen LogP) is 1.04. The quantitative estimate of drug-likeness (QED) is 0.632. The summed E-state index contributed by atoms with van der Waals surface area (Å²) in [6.07, 6.45) is 4.55. The Kier molecular flexibility index (Phi) is 5.23. The van der Waals surface area contributed by atoms with Crippen LogP contribution in [0.1, 0.15) is 10.4 Å². The number of amides is 1. The number of aromatic nitrogens is 5. The van der Waals surface area contributed by atoms with Gasteiger partial charge in [0.1, 0.15) is 36.3 Å². The highest BCUT2D eigenvalue weighted by Crippen LogP contribution is 2.26. The Bertz CT molecular complexity index is 985. The van der Waals surface area contributed by atoms with Crippen LogP contribution in [0.4, 0.5) is 5.82 Å². The molecule has 0 spiro atoms. The first-order valence-electron chi connectivity index (χ1n) is 9.13. The number of ether oxygens (including phenoxy) is 2. The van der Waals surface area contributed by atoms with E-state index in [1.54, 1.807) is 43.4 Å². The largest absolute Gasteiger partial charge is 0.497 e. The third-order valence-corrected chi connectivity index (χ3v) is 4.82. The summed E-state index contributed by atoms with van der Waals surface area (Å²) in [5.74, 6) is 2.53. The van der Waals surface area contributed by atoms with Crippen molar-refractivity contribution < 1.29 is 14.3 Å². The summed E-state index contributed by atoms with van der Waals surface area (Å²) in [4.78, 5) is 29.4. The van der Waals surface area contributed by atoms with Gasteiger partial charge in [0.05, 0.1) is 19.8 Å². The third kappa shape index (κ3) is 3.82. The zero-order valence-corrected chi connectivity index (χ0v) is 16.2. The number of carbonyl (C=O) groups is 1. The van der Waals surface area contributed by atoms with Crippen molar-refractivity contribution in [1.29, 1.82) is 0 Å². The van der Waals surface area contributed by atoms with E-state index >= 15 is 0 Å². The molecule has 10 nitrogen and oxygen atoms in total. The first-order valence-corrected chi connectivity index (χ1v) is 9.13. The second-order valence-electron chi connectivity index (χ2n) is 6.42. The highest BCUT2D eigenvalue weighted by atomic mass is 16.5. The van der Waals surface area contributed by atoms with E-state index in [1.807, 2.05) is 11.0 Å². The van der Waals surface area contributed by atoms with Gasteiger partial charge in [-0.1, -0.05) is 0 Å². The summed E-state index contributed by atoms with van der Waals surface area (Å²) >= 11 is 0. The van der Waals surface area contributed by atoms with Crippen molar-refractivity contribution in [3.63, 3.8) is 0 Å². The highest BCUT2D eigenvalue weighted by Gasteiger charge is 2.25. The average molecular weight is 395 g/mol. The van der Waals surface area contributed by atoms with Crippen molar-refractivity contribution in [2.75, 3.05) is 45.3 Å². The smallest absolute Gasteiger partial charge is 0.257 e. The Hall–Kier alpha value is -3.69. The van der Waals surface area contributed by atoms with Crippen LogP contribution in [0.2, 0.25) is 0 Å². The molecule has 0 unspecified atom stereocenters. The van der Waals surface area contributed by atoms with Crippen molar-refractivity contribution in [2.24, 2.45) is 0 Å². The van der Waals surface area contributed by atoms with E-state index in [2.05, 4.69) is 25.0 Å². The number of anilines is 1. The molecule has 29 heavy (non-hydrogen) atoms. The molecule has 0 radical (unpaired) electrons. The molecule has 1 fully saturated rings. The van der Waals surface area contributed by atoms with Gasteiger partial charge >= 0.3 is 0 Å². The predicted molar refractivity (Wildman–Crippen MR) is 105 cm³/mol. The lowest BCUT2D eigenvalue weighted by molar-refractivity contribution is 0.0743. The lowest BCUT2D eigenvalue weighted by atomic mass is 10.1. The van der Waals surface area contributed by atoms with E-state index in [0.29, 0.717) is 49.1 Å². The van der Waals surface area contributed by atoms with Crippen LogP contribution in [-0.4, -0.2) is 75.9 Å². The maximum atomic E-state index is 13.0. The highest BCUT2D eigenvalue weighted by molar-refractivity contribution is 5.97. The van der Waals surface area contributed by atoms with E-state index in [4.69, 9.17) is 9.47 Å². The van der Waals surface area contributed by atoms with Crippen LogP contribution in [0, 0.1) is 0 Å². The molecule has 4 rings (SSSR count). The molecular formula is C19H21N7O3. The fourth-order valence-electron chi connectivity index (χ4n) is 3.25. The van der Waals surface area contributed by atoms with Crippen molar-refractivity contribution in [3.05, 3.63) is 48.8 Å². The fraction of sp³-hybridized carbons (Fsp3) is 0.316. The van der Waals surface area contributed by atoms with Crippen molar-refractivity contribution in [3.8, 4) is 17.3 Å². The van der Waals surface area contributed by atoms with E-state index in [1.165, 1.54) is 12.7 Å². The van der Waals surface area contributed by atoms with E-state index in [9.17, 15) is 4.79 Å². The summed E-state index contributed by atoms with van der Waals surface area (Å²) < 4.78 is 12.2. The lowest BCUT2D eigenvalue weighted by Crippen LogP contribution is -2.49. The molecule has 150 valence electrons. The molecule has 1 aromatic carbocycles. The number of piperazine rings is 1. The Morgan fingerprint density at radius 3 is 2.45 bits per heavy atom. The van der Waals surface area contributed by atoms with Crippen LogP contribution in [-0.2, 0) is 0 Å². The number of methoxy groups -OCH3 is 2. The summed E-state index contributed by atoms with van der Waals surface area (Å²) in [6, 6.07) is 7.08. The maximum absolute atomic E-state index is 13.0. The molecule has 1 saturated heterocycles. The second-order valence-corrected chi connectivity index (χ2v) is 6.42. The molecule has 0 aliphatic carbocycles. The van der Waals surface area contributed by atoms with E-state index < -0.39 is 0 Å². The summed E-state index contributed by atoms with van der Waals surface area (Å²) in [5.41, 5.74) is 0.525. The van der Waals surface area contributed by atoms with Crippen LogP contribution < -0.4 is 14.4 Å². The fourth-order valence-corrected chi connectivity index (χ4v) is 3.25. The number of nitrogens with zero attached hydrogens (tertiary/aromatic N) is 7. The molecule has 0 atom stereocenters. The zero-order chi connectivity index (χ0) is 20.2. The standard InChI is InChI=1S/C19H21N7O3/c1-28-14-3-4-15(16(9-14)29-2)19(27)25-7-5-24(6-8-25)17-10-18(22-12-21-17)26-13-20-11-23-26/h3-4,9-13H,5-8H2,1-2H3. The molecule has 3 heterocycles. The molecule has 1 aliphatic rings. The minimum absolute atomic E-state index is 0.0601. The van der Waals surface area contributed by atoms with Crippen LogP contribution in [0.25, 0.3) is 5.82 Å². The molecule has 1 aliphatic heterocycles. The van der Waals surface area contributed by atoms with Gasteiger partial charge in [0.2, 0.25) is 0 Å². The molecule has 0 saturated carbocycles. The number of carbonyl (C=O) groups excluding carboxylic acids is 1. The maximum Gasteiger partial charge on any atom is 0.257 e. The Labute approximate surface area is 167 Å². The van der Waals surface area contributed by atoms with Crippen LogP contribution >= 0.6 is 0 Å². The molecule has 0 N–H and O–H groups in total. The van der Waals surface area contributed by atoms with Crippen molar-refractivity contribution >= 4 is 11.7 Å². The first-order chi connectivity index (χ1) is 14.2. The van der Waals surface area contributed by atoms with Gasteiger partial charge < -0.3 is 19.3 Å². The van der Waals surface area contributed by atoms with Crippen LogP contribution in [0.3, 0.4) is 0 Å². The van der Waals surface area contributed by atoms with Gasteiger partial charge in [-0.2, -0.15) is 5.10 Å². The molecular weight excluding hydrogens is 374 g/mol. The normalized spacial score (nSPS) is 14.0. The van der Waals surface area contributed by atoms with Crippen LogP contribution in [0.15, 0.2) is 43.2 Å². The molecule has 2 aromatic heterocycles. The summed E-state index contributed by atoms with van der Waals surface area (Å²) in [7, 11) is 3.13. The van der Waals surface area contributed by atoms with Gasteiger partial charge in [0.25, 0.3) is 5.91 Å². The lowest BCUT2D eigenvalue weighted by Gasteiger charge is -2.35. The Balaban J connectivity index is 1.45. The summed E-state index contributed by atoms with van der Waals surface area (Å²) in [5, 5.41) is 4.09. The minimum atomic E-state index is -0.0601. The van der Waals surface area contributed by atoms with Gasteiger partial charge in [-0.05, 0) is 12.1 Å². The Morgan fingerprint density at radius 1 is 0.966 bits per heavy atom. The number of benzene rings is 1. The Morgan fingerprint density at radius 2 is 1.76 bits per heavy atom. The zero-order valence-electron chi connectivity index (χ0n) is 16.2. The van der Waals surface area contributed by atoms with Gasteiger partial charge in [-0.15, -0.1) is 0 Å². The molecule has 10 heteroatoms. The number of hydrogen-bond donors (Lipinski definition) is 0. The van der Waals surface area contributed by atoms with E-state index in [-0.39, 0.29) is 5.91 Å². The monoisotopic (exact) mass is 395 g/mol. The topological polar surface area (TPSA) is 98.5 Å². The third-order valence-electron chi connectivity index (χ3n) is 4.82. The summed E-state index contributed by atoms with van der Waals surface area (Å²) in [6.45, 7) is 2.49. The SMILES string of the molecule is COc1ccc(C(=O)N2CCN(c3cc(-n4cncn4)ncn3)CC2)c(OC)c1. The van der Waals surface area contributed by atoms with Gasteiger partial charge in [0, 0.05) is 38.3 Å². The molecule has 3 aromatic rings. The van der Waals surface area contributed by atoms with Gasteiger partial charge in [0.15, 0.2) is 5.82 Å². The number of hydrogen-bond acceptors (Lipinski definition) is 8. The van der Waals surface area contributed by atoms with E-state index in [0.717, 1.165) is 5.82 Å².